The molecular weight excluding hydrogens is 240 g/mol. The van der Waals surface area contributed by atoms with Gasteiger partial charge in [0.2, 0.25) is 0 Å². The van der Waals surface area contributed by atoms with Gasteiger partial charge in [0.05, 0.1) is 6.10 Å². The summed E-state index contributed by atoms with van der Waals surface area (Å²) in [5.74, 6) is -1.08. The van der Waals surface area contributed by atoms with Crippen molar-refractivity contribution in [3.63, 3.8) is 0 Å². The Bertz CT molecular complexity index is 272. The molecule has 0 aliphatic heterocycles. The average molecular weight is 262 g/mol. The number of carbonyl (C=O) groups is 2. The number of likely N-dealkylation sites (N-methyl/N-ethyl adjacent to an activating group) is 1. The molecular formula is C11H22N2O5. The van der Waals surface area contributed by atoms with Gasteiger partial charge in [0.15, 0.2) is 0 Å². The lowest BCUT2D eigenvalue weighted by Crippen LogP contribution is -2.48. The van der Waals surface area contributed by atoms with Crippen LogP contribution in [0.4, 0.5) is 4.79 Å². The number of carbonyl (C=O) groups excluding carboxylic acids is 1. The van der Waals surface area contributed by atoms with Gasteiger partial charge in [0.25, 0.3) is 0 Å². The predicted molar refractivity (Wildman–Crippen MR) is 65.5 cm³/mol. The Kier molecular flexibility index (Phi) is 8.06. The first-order chi connectivity index (χ1) is 8.42. The minimum atomic E-state index is -1.08. The Morgan fingerprint density at radius 2 is 2.00 bits per heavy atom. The van der Waals surface area contributed by atoms with E-state index in [-0.39, 0.29) is 19.1 Å². The maximum atomic E-state index is 11.7. The molecule has 0 bridgehead atoms. The number of carboxylic acids is 1. The van der Waals surface area contributed by atoms with Gasteiger partial charge in [-0.05, 0) is 6.92 Å². The minimum Gasteiger partial charge on any atom is -0.480 e. The number of hydrogen-bond acceptors (Lipinski definition) is 4. The van der Waals surface area contributed by atoms with Gasteiger partial charge in [-0.15, -0.1) is 0 Å². The Labute approximate surface area is 107 Å². The summed E-state index contributed by atoms with van der Waals surface area (Å²) < 4.78 is 9.83. The summed E-state index contributed by atoms with van der Waals surface area (Å²) >= 11 is 0. The van der Waals surface area contributed by atoms with E-state index in [1.807, 2.05) is 6.92 Å². The molecule has 18 heavy (non-hydrogen) atoms. The summed E-state index contributed by atoms with van der Waals surface area (Å²) in [4.78, 5) is 24.0. The van der Waals surface area contributed by atoms with E-state index >= 15 is 0 Å². The zero-order valence-electron chi connectivity index (χ0n) is 11.3. The number of nitrogens with one attached hydrogen (secondary N) is 1. The van der Waals surface area contributed by atoms with Crippen molar-refractivity contribution in [2.45, 2.75) is 25.5 Å². The van der Waals surface area contributed by atoms with Crippen molar-refractivity contribution < 1.29 is 24.2 Å². The number of ether oxygens (including phenoxy) is 2. The second-order valence-corrected chi connectivity index (χ2v) is 4.05. The highest BCUT2D eigenvalue weighted by atomic mass is 16.5. The number of nitrogens with zero attached hydrogens (tertiary/aromatic N) is 1. The van der Waals surface area contributed by atoms with E-state index in [1.165, 1.54) is 12.0 Å². The van der Waals surface area contributed by atoms with Gasteiger partial charge in [0.1, 0.15) is 6.04 Å². The highest BCUT2D eigenvalue weighted by Crippen LogP contribution is 1.97. The molecule has 0 aliphatic rings. The maximum Gasteiger partial charge on any atom is 0.326 e. The maximum absolute atomic E-state index is 11.7. The summed E-state index contributed by atoms with van der Waals surface area (Å²) in [6.07, 6.45) is 0.119. The van der Waals surface area contributed by atoms with Crippen LogP contribution in [0.5, 0.6) is 0 Å². The molecule has 7 heteroatoms. The second kappa shape index (κ2) is 8.71. The molecule has 0 aromatic carbocycles. The van der Waals surface area contributed by atoms with E-state index in [4.69, 9.17) is 14.6 Å². The molecule has 0 aromatic heterocycles. The first-order valence-electron chi connectivity index (χ1n) is 5.68. The Morgan fingerprint density at radius 3 is 2.44 bits per heavy atom. The predicted octanol–water partition coefficient (Wildman–Crippen LogP) is 0.152. The lowest BCUT2D eigenvalue weighted by molar-refractivity contribution is -0.139. The summed E-state index contributed by atoms with van der Waals surface area (Å²) in [6.45, 7) is 2.48. The number of carboxylic acid groups (broad SMARTS) is 1. The quantitative estimate of drug-likeness (QED) is 0.650. The van der Waals surface area contributed by atoms with Gasteiger partial charge in [-0.25, -0.2) is 9.59 Å². The van der Waals surface area contributed by atoms with Crippen LogP contribution in [0.2, 0.25) is 0 Å². The van der Waals surface area contributed by atoms with Crippen LogP contribution in [0, 0.1) is 0 Å². The number of rotatable bonds is 8. The molecule has 0 spiro atoms. The monoisotopic (exact) mass is 262 g/mol. The molecule has 0 heterocycles. The topological polar surface area (TPSA) is 88.1 Å². The van der Waals surface area contributed by atoms with E-state index in [9.17, 15) is 9.59 Å². The Balaban J connectivity index is 4.27. The molecule has 2 amide bonds. The third-order valence-electron chi connectivity index (χ3n) is 2.49. The van der Waals surface area contributed by atoms with Gasteiger partial charge in [-0.2, -0.15) is 0 Å². The molecule has 2 N–H and O–H groups in total. The lowest BCUT2D eigenvalue weighted by Gasteiger charge is -2.23. The molecule has 106 valence electrons. The van der Waals surface area contributed by atoms with Crippen molar-refractivity contribution in [2.24, 2.45) is 0 Å². The van der Waals surface area contributed by atoms with Crippen molar-refractivity contribution in [1.82, 2.24) is 10.2 Å². The molecule has 7 nitrogen and oxygen atoms in total. The number of hydrogen-bond donors (Lipinski definition) is 2. The van der Waals surface area contributed by atoms with E-state index in [0.29, 0.717) is 6.54 Å². The van der Waals surface area contributed by atoms with Crippen LogP contribution in [0.25, 0.3) is 0 Å². The standard InChI is InChI=1S/C11H22N2O5/c1-8(18-4)7-13(2)11(16)12-9(10(14)15)5-6-17-3/h8-9H,5-7H2,1-4H3,(H,12,16)(H,14,15). The van der Waals surface area contributed by atoms with E-state index in [1.54, 1.807) is 14.2 Å². The van der Waals surface area contributed by atoms with E-state index < -0.39 is 18.0 Å². The van der Waals surface area contributed by atoms with Gasteiger partial charge in [0, 0.05) is 40.8 Å². The van der Waals surface area contributed by atoms with Gasteiger partial charge in [-0.1, -0.05) is 0 Å². The van der Waals surface area contributed by atoms with Gasteiger partial charge >= 0.3 is 12.0 Å². The van der Waals surface area contributed by atoms with E-state index in [2.05, 4.69) is 5.32 Å². The highest BCUT2D eigenvalue weighted by molar-refractivity contribution is 5.82. The normalized spacial score (nSPS) is 13.8. The van der Waals surface area contributed by atoms with Crippen LogP contribution < -0.4 is 5.32 Å². The summed E-state index contributed by atoms with van der Waals surface area (Å²) in [5.41, 5.74) is 0. The van der Waals surface area contributed by atoms with Crippen LogP contribution in [-0.4, -0.2) is 68.6 Å². The summed E-state index contributed by atoms with van der Waals surface area (Å²) in [5, 5.41) is 11.4. The molecule has 0 saturated carbocycles. The molecule has 0 rings (SSSR count). The van der Waals surface area contributed by atoms with Crippen molar-refractivity contribution in [3.8, 4) is 0 Å². The first kappa shape index (κ1) is 16.7. The zero-order chi connectivity index (χ0) is 14.1. The smallest absolute Gasteiger partial charge is 0.326 e. The van der Waals surface area contributed by atoms with Crippen LogP contribution in [-0.2, 0) is 14.3 Å². The van der Waals surface area contributed by atoms with Gasteiger partial charge in [-0.3, -0.25) is 0 Å². The highest BCUT2D eigenvalue weighted by Gasteiger charge is 2.21. The molecule has 0 radical (unpaired) electrons. The first-order valence-corrected chi connectivity index (χ1v) is 5.68. The van der Waals surface area contributed by atoms with Crippen molar-refractivity contribution in [1.29, 1.82) is 0 Å². The van der Waals surface area contributed by atoms with E-state index in [0.717, 1.165) is 0 Å². The van der Waals surface area contributed by atoms with Crippen molar-refractivity contribution in [3.05, 3.63) is 0 Å². The molecule has 2 unspecified atom stereocenters. The molecule has 0 fully saturated rings. The minimum absolute atomic E-state index is 0.108. The van der Waals surface area contributed by atoms with Crippen LogP contribution in [0.15, 0.2) is 0 Å². The fourth-order valence-electron chi connectivity index (χ4n) is 1.30. The second-order valence-electron chi connectivity index (χ2n) is 4.05. The summed E-state index contributed by atoms with van der Waals surface area (Å²) in [6, 6.07) is -1.39. The van der Waals surface area contributed by atoms with Crippen LogP contribution in [0.1, 0.15) is 13.3 Å². The molecule has 2 atom stereocenters. The number of methoxy groups -OCH3 is 2. The third kappa shape index (κ3) is 6.41. The SMILES string of the molecule is COCCC(NC(=O)N(C)CC(C)OC)C(=O)O. The van der Waals surface area contributed by atoms with Crippen molar-refractivity contribution >= 4 is 12.0 Å². The Morgan fingerprint density at radius 1 is 1.39 bits per heavy atom. The largest absolute Gasteiger partial charge is 0.480 e. The number of aliphatic carboxylic acids is 1. The third-order valence-corrected chi connectivity index (χ3v) is 2.49. The van der Waals surface area contributed by atoms with Gasteiger partial charge < -0.3 is 24.8 Å². The number of urea groups is 1. The fourth-order valence-corrected chi connectivity index (χ4v) is 1.30. The molecule has 0 saturated heterocycles. The molecule has 0 aliphatic carbocycles. The summed E-state index contributed by atoms with van der Waals surface area (Å²) in [7, 11) is 4.61. The lowest BCUT2D eigenvalue weighted by atomic mass is 10.2. The number of amides is 2. The van der Waals surface area contributed by atoms with Crippen LogP contribution in [0.3, 0.4) is 0 Å². The zero-order valence-corrected chi connectivity index (χ0v) is 11.3. The van der Waals surface area contributed by atoms with Crippen LogP contribution >= 0.6 is 0 Å². The van der Waals surface area contributed by atoms with Crippen molar-refractivity contribution in [2.75, 3.05) is 34.4 Å². The fraction of sp³-hybridized carbons (Fsp3) is 0.818. The Hall–Kier alpha value is -1.34. The molecule has 0 aromatic rings. The average Bonchev–Trinajstić information content (AvgIpc) is 2.33.